The van der Waals surface area contributed by atoms with Gasteiger partial charge in [0.2, 0.25) is 5.75 Å². The molecule has 0 spiro atoms. The number of Topliss-reactive ketones (excluding diaryl/α,β-unsaturated/α-hetero) is 1. The zero-order valence-electron chi connectivity index (χ0n) is 10.5. The zero-order valence-corrected chi connectivity index (χ0v) is 10.5. The summed E-state index contributed by atoms with van der Waals surface area (Å²) >= 11 is 0. The Morgan fingerprint density at radius 1 is 1.21 bits per heavy atom. The Kier molecular flexibility index (Phi) is 2.66. The van der Waals surface area contributed by atoms with Gasteiger partial charge < -0.3 is 9.47 Å². The summed E-state index contributed by atoms with van der Waals surface area (Å²) in [6, 6.07) is 0. The van der Waals surface area contributed by atoms with E-state index in [-0.39, 0.29) is 17.9 Å². The molecule has 0 saturated heterocycles. The van der Waals surface area contributed by atoms with Crippen LogP contribution in [0.2, 0.25) is 0 Å². The number of nitro benzene ring substituents is 1. The van der Waals surface area contributed by atoms with E-state index in [4.69, 9.17) is 9.47 Å². The molecule has 0 unspecified atom stereocenters. The van der Waals surface area contributed by atoms with E-state index in [0.717, 1.165) is 11.1 Å². The highest BCUT2D eigenvalue weighted by Crippen LogP contribution is 2.48. The maximum absolute atomic E-state index is 11.4. The first kappa shape index (κ1) is 12.0. The maximum atomic E-state index is 11.4. The van der Waals surface area contributed by atoms with Crippen LogP contribution in [0, 0.1) is 10.1 Å². The summed E-state index contributed by atoms with van der Waals surface area (Å²) in [4.78, 5) is 22.3. The highest BCUT2D eigenvalue weighted by Gasteiger charge is 2.37. The number of nitrogens with zero attached hydrogens (tertiary/aromatic N) is 1. The number of nitro groups is 1. The summed E-state index contributed by atoms with van der Waals surface area (Å²) in [6.45, 7) is 2.35. The number of hydrogen-bond acceptors (Lipinski definition) is 5. The number of ketones is 1. The summed E-state index contributed by atoms with van der Waals surface area (Å²) in [6.07, 6.45) is 1.33. The molecule has 2 heterocycles. The Balaban J connectivity index is 2.28. The van der Waals surface area contributed by atoms with Crippen LogP contribution in [0.25, 0.3) is 0 Å². The van der Waals surface area contributed by atoms with E-state index in [2.05, 4.69) is 0 Å². The van der Waals surface area contributed by atoms with E-state index in [1.807, 2.05) is 0 Å². The number of carbonyl (C=O) groups is 1. The lowest BCUT2D eigenvalue weighted by Gasteiger charge is -2.12. The van der Waals surface area contributed by atoms with Crippen LogP contribution in [0.4, 0.5) is 5.69 Å². The molecule has 0 fully saturated rings. The van der Waals surface area contributed by atoms with Gasteiger partial charge in [-0.2, -0.15) is 0 Å². The third-order valence-electron chi connectivity index (χ3n) is 3.49. The van der Waals surface area contributed by atoms with Crippen LogP contribution in [-0.4, -0.2) is 23.9 Å². The van der Waals surface area contributed by atoms with Crippen LogP contribution >= 0.6 is 0 Å². The summed E-state index contributed by atoms with van der Waals surface area (Å²) in [7, 11) is 0. The van der Waals surface area contributed by atoms with Crippen molar-refractivity contribution in [1.29, 1.82) is 0 Å². The van der Waals surface area contributed by atoms with Gasteiger partial charge in [0.1, 0.15) is 11.5 Å². The summed E-state index contributed by atoms with van der Waals surface area (Å²) in [5, 5.41) is 11.3. The van der Waals surface area contributed by atoms with E-state index >= 15 is 0 Å². The van der Waals surface area contributed by atoms with Gasteiger partial charge in [-0.1, -0.05) is 0 Å². The number of hydrogen-bond donors (Lipinski definition) is 0. The Morgan fingerprint density at radius 3 is 2.47 bits per heavy atom. The fourth-order valence-electron chi connectivity index (χ4n) is 2.81. The Bertz CT molecular complexity index is 558. The van der Waals surface area contributed by atoms with Crippen LogP contribution in [0.15, 0.2) is 0 Å². The van der Waals surface area contributed by atoms with Gasteiger partial charge in [0.05, 0.1) is 23.7 Å². The van der Waals surface area contributed by atoms with E-state index in [0.29, 0.717) is 43.1 Å². The number of ether oxygens (including phenoxy) is 2. The quantitative estimate of drug-likeness (QED) is 0.611. The van der Waals surface area contributed by atoms with Crippen molar-refractivity contribution in [2.45, 2.75) is 26.2 Å². The third-order valence-corrected chi connectivity index (χ3v) is 3.49. The topological polar surface area (TPSA) is 78.7 Å². The highest BCUT2D eigenvalue weighted by atomic mass is 16.6. The highest BCUT2D eigenvalue weighted by molar-refractivity contribution is 5.82. The Labute approximate surface area is 109 Å². The first-order chi connectivity index (χ1) is 9.09. The summed E-state index contributed by atoms with van der Waals surface area (Å²) in [5.74, 6) is 0.886. The molecule has 0 amide bonds. The minimum absolute atomic E-state index is 0.0145. The second kappa shape index (κ2) is 4.22. The van der Waals surface area contributed by atoms with Gasteiger partial charge in [-0.3, -0.25) is 14.9 Å². The Morgan fingerprint density at radius 2 is 1.84 bits per heavy atom. The lowest BCUT2D eigenvalue weighted by atomic mass is 9.94. The van der Waals surface area contributed by atoms with Gasteiger partial charge >= 0.3 is 5.69 Å². The SMILES string of the molecule is CC(=O)Cc1c2c(c([N+](=O)[O-])c3c1OCC3)OCC2. The minimum atomic E-state index is -0.408. The zero-order chi connectivity index (χ0) is 13.6. The van der Waals surface area contributed by atoms with Crippen molar-refractivity contribution < 1.29 is 19.2 Å². The molecule has 0 radical (unpaired) electrons. The number of rotatable bonds is 3. The molecule has 19 heavy (non-hydrogen) atoms. The van der Waals surface area contributed by atoms with Gasteiger partial charge in [-0.05, 0) is 6.92 Å². The second-order valence-electron chi connectivity index (χ2n) is 4.78. The van der Waals surface area contributed by atoms with E-state index in [9.17, 15) is 14.9 Å². The third kappa shape index (κ3) is 1.75. The van der Waals surface area contributed by atoms with E-state index in [1.165, 1.54) is 6.92 Å². The molecule has 0 saturated carbocycles. The predicted molar refractivity (Wildman–Crippen MR) is 65.9 cm³/mol. The molecule has 2 aliphatic rings. The van der Waals surface area contributed by atoms with Crippen molar-refractivity contribution in [2.24, 2.45) is 0 Å². The molecule has 0 N–H and O–H groups in total. The van der Waals surface area contributed by atoms with Crippen molar-refractivity contribution >= 4 is 11.5 Å². The molecule has 0 aromatic heterocycles. The van der Waals surface area contributed by atoms with Crippen molar-refractivity contribution in [3.05, 3.63) is 26.8 Å². The largest absolute Gasteiger partial charge is 0.492 e. The molecule has 0 bridgehead atoms. The van der Waals surface area contributed by atoms with Crippen molar-refractivity contribution in [1.82, 2.24) is 0 Å². The molecule has 0 aliphatic carbocycles. The number of carbonyl (C=O) groups excluding carboxylic acids is 1. The molecule has 1 aromatic carbocycles. The van der Waals surface area contributed by atoms with Gasteiger partial charge in [-0.15, -0.1) is 0 Å². The molecule has 6 nitrogen and oxygen atoms in total. The molecule has 100 valence electrons. The molecular formula is C13H13NO5. The van der Waals surface area contributed by atoms with Crippen LogP contribution < -0.4 is 9.47 Å². The lowest BCUT2D eigenvalue weighted by Crippen LogP contribution is -2.05. The molecular weight excluding hydrogens is 250 g/mol. The molecule has 1 aromatic rings. The molecule has 3 rings (SSSR count). The molecule has 2 aliphatic heterocycles. The second-order valence-corrected chi connectivity index (χ2v) is 4.78. The van der Waals surface area contributed by atoms with Gasteiger partial charge in [0, 0.05) is 30.4 Å². The van der Waals surface area contributed by atoms with Crippen LogP contribution in [0.3, 0.4) is 0 Å². The summed E-state index contributed by atoms with van der Waals surface area (Å²) in [5.41, 5.74) is 2.13. The van der Waals surface area contributed by atoms with Crippen LogP contribution in [0.5, 0.6) is 11.5 Å². The minimum Gasteiger partial charge on any atom is -0.492 e. The predicted octanol–water partition coefficient (Wildman–Crippen LogP) is 1.60. The van der Waals surface area contributed by atoms with Crippen LogP contribution in [-0.2, 0) is 24.1 Å². The normalized spacial score (nSPS) is 15.4. The average molecular weight is 263 g/mol. The Hall–Kier alpha value is -2.11. The fraction of sp³-hybridized carbons (Fsp3) is 0.462. The number of fused-ring (bicyclic) bond motifs is 2. The smallest absolute Gasteiger partial charge is 0.318 e. The maximum Gasteiger partial charge on any atom is 0.318 e. The van der Waals surface area contributed by atoms with E-state index < -0.39 is 4.92 Å². The average Bonchev–Trinajstić information content (AvgIpc) is 2.95. The van der Waals surface area contributed by atoms with Crippen molar-refractivity contribution in [2.75, 3.05) is 13.2 Å². The first-order valence-electron chi connectivity index (χ1n) is 6.19. The summed E-state index contributed by atoms with van der Waals surface area (Å²) < 4.78 is 11.0. The lowest BCUT2D eigenvalue weighted by molar-refractivity contribution is -0.386. The molecule has 6 heteroatoms. The van der Waals surface area contributed by atoms with E-state index in [1.54, 1.807) is 0 Å². The van der Waals surface area contributed by atoms with Gasteiger partial charge in [-0.25, -0.2) is 0 Å². The van der Waals surface area contributed by atoms with Gasteiger partial charge in [0.15, 0.2) is 0 Å². The van der Waals surface area contributed by atoms with Crippen molar-refractivity contribution in [3.8, 4) is 11.5 Å². The number of benzene rings is 1. The van der Waals surface area contributed by atoms with Crippen LogP contribution in [0.1, 0.15) is 23.6 Å². The van der Waals surface area contributed by atoms with Gasteiger partial charge in [0.25, 0.3) is 0 Å². The van der Waals surface area contributed by atoms with Crippen molar-refractivity contribution in [3.63, 3.8) is 0 Å². The fourth-order valence-corrected chi connectivity index (χ4v) is 2.81. The standard InChI is InChI=1S/C13H13NO5/c1-7(15)6-10-8-2-4-19-13(8)11(14(16)17)9-3-5-18-12(9)10/h2-6H2,1H3. The monoisotopic (exact) mass is 263 g/mol. The molecule has 0 atom stereocenters. The first-order valence-corrected chi connectivity index (χ1v) is 6.19.